The van der Waals surface area contributed by atoms with E-state index in [0.717, 1.165) is 12.1 Å². The number of benzene rings is 1. The SMILES string of the molecule is CC(NC(=O)Cc1cc(F)cc(F)c1)C(=O)NC1CCOC1=O. The number of carbonyl (C=O) groups is 3. The van der Waals surface area contributed by atoms with E-state index in [-0.39, 0.29) is 18.6 Å². The van der Waals surface area contributed by atoms with Gasteiger partial charge in [-0.3, -0.25) is 9.59 Å². The van der Waals surface area contributed by atoms with E-state index in [0.29, 0.717) is 12.5 Å². The molecule has 1 aliphatic heterocycles. The summed E-state index contributed by atoms with van der Waals surface area (Å²) >= 11 is 0. The van der Waals surface area contributed by atoms with Crippen molar-refractivity contribution < 1.29 is 27.9 Å². The maximum Gasteiger partial charge on any atom is 0.328 e. The Bertz CT molecular complexity index is 616. The van der Waals surface area contributed by atoms with E-state index in [1.165, 1.54) is 6.92 Å². The van der Waals surface area contributed by atoms with Crippen molar-refractivity contribution in [3.05, 3.63) is 35.4 Å². The van der Waals surface area contributed by atoms with Crippen molar-refractivity contribution in [1.29, 1.82) is 0 Å². The van der Waals surface area contributed by atoms with Crippen LogP contribution in [-0.2, 0) is 25.5 Å². The lowest BCUT2D eigenvalue weighted by Crippen LogP contribution is -2.49. The van der Waals surface area contributed by atoms with E-state index >= 15 is 0 Å². The van der Waals surface area contributed by atoms with Gasteiger partial charge in [-0.1, -0.05) is 0 Å². The normalized spacial score (nSPS) is 18.2. The second-order valence-corrected chi connectivity index (χ2v) is 5.26. The summed E-state index contributed by atoms with van der Waals surface area (Å²) in [6, 6.07) is 1.19. The van der Waals surface area contributed by atoms with E-state index in [1.54, 1.807) is 0 Å². The summed E-state index contributed by atoms with van der Waals surface area (Å²) < 4.78 is 30.8. The Morgan fingerprint density at radius 2 is 1.96 bits per heavy atom. The molecule has 8 heteroatoms. The number of hydrogen-bond acceptors (Lipinski definition) is 4. The molecule has 2 N–H and O–H groups in total. The number of esters is 1. The van der Waals surface area contributed by atoms with Gasteiger partial charge in [0.25, 0.3) is 0 Å². The second-order valence-electron chi connectivity index (χ2n) is 5.26. The van der Waals surface area contributed by atoms with Crippen LogP contribution in [0, 0.1) is 11.6 Å². The Morgan fingerprint density at radius 1 is 1.30 bits per heavy atom. The number of rotatable bonds is 5. The van der Waals surface area contributed by atoms with E-state index < -0.39 is 41.5 Å². The van der Waals surface area contributed by atoms with Crippen LogP contribution in [-0.4, -0.2) is 36.5 Å². The van der Waals surface area contributed by atoms with Crippen LogP contribution < -0.4 is 10.6 Å². The van der Waals surface area contributed by atoms with Gasteiger partial charge in [0, 0.05) is 12.5 Å². The average Bonchev–Trinajstić information content (AvgIpc) is 2.82. The predicted octanol–water partition coefficient (Wildman–Crippen LogP) is 0.444. The minimum Gasteiger partial charge on any atom is -0.464 e. The summed E-state index contributed by atoms with van der Waals surface area (Å²) in [4.78, 5) is 35.0. The molecule has 1 aliphatic rings. The molecule has 0 saturated carbocycles. The third-order valence-electron chi connectivity index (χ3n) is 3.31. The zero-order valence-electron chi connectivity index (χ0n) is 12.4. The fourth-order valence-electron chi connectivity index (χ4n) is 2.18. The summed E-state index contributed by atoms with van der Waals surface area (Å²) in [5.41, 5.74) is 0.159. The van der Waals surface area contributed by atoms with Crippen molar-refractivity contribution in [3.63, 3.8) is 0 Å². The number of halogens is 2. The highest BCUT2D eigenvalue weighted by Crippen LogP contribution is 2.09. The van der Waals surface area contributed by atoms with Crippen molar-refractivity contribution in [3.8, 4) is 0 Å². The minimum absolute atomic E-state index is 0.159. The van der Waals surface area contributed by atoms with Crippen LogP contribution in [0.2, 0.25) is 0 Å². The van der Waals surface area contributed by atoms with Crippen LogP contribution in [0.15, 0.2) is 18.2 Å². The van der Waals surface area contributed by atoms with Gasteiger partial charge in [0.15, 0.2) is 0 Å². The Kier molecular flexibility index (Phi) is 5.25. The Balaban J connectivity index is 1.86. The van der Waals surface area contributed by atoms with Gasteiger partial charge in [0.1, 0.15) is 23.7 Å². The molecule has 2 rings (SSSR count). The second kappa shape index (κ2) is 7.17. The highest BCUT2D eigenvalue weighted by atomic mass is 19.1. The summed E-state index contributed by atoms with van der Waals surface area (Å²) in [5.74, 6) is -3.16. The molecule has 0 aliphatic carbocycles. The van der Waals surface area contributed by atoms with Gasteiger partial charge in [-0.2, -0.15) is 0 Å². The van der Waals surface area contributed by atoms with Crippen LogP contribution in [0.4, 0.5) is 8.78 Å². The standard InChI is InChI=1S/C15H16F2N2O4/c1-8(14(21)19-12-2-3-23-15(12)22)18-13(20)6-9-4-10(16)7-11(17)5-9/h4-5,7-8,12H,2-3,6H2,1H3,(H,18,20)(H,19,21). The maximum atomic E-state index is 13.1. The number of cyclic esters (lactones) is 1. The van der Waals surface area contributed by atoms with Crippen molar-refractivity contribution in [2.75, 3.05) is 6.61 Å². The molecule has 1 aromatic rings. The van der Waals surface area contributed by atoms with E-state index in [4.69, 9.17) is 4.74 Å². The number of hydrogen-bond donors (Lipinski definition) is 2. The lowest BCUT2D eigenvalue weighted by atomic mass is 10.1. The van der Waals surface area contributed by atoms with Gasteiger partial charge >= 0.3 is 5.97 Å². The van der Waals surface area contributed by atoms with Gasteiger partial charge in [-0.05, 0) is 24.6 Å². The van der Waals surface area contributed by atoms with Crippen LogP contribution in [0.1, 0.15) is 18.9 Å². The predicted molar refractivity (Wildman–Crippen MR) is 75.2 cm³/mol. The zero-order chi connectivity index (χ0) is 17.0. The molecule has 23 heavy (non-hydrogen) atoms. The lowest BCUT2D eigenvalue weighted by molar-refractivity contribution is -0.141. The minimum atomic E-state index is -0.894. The molecule has 1 aromatic carbocycles. The number of nitrogens with one attached hydrogen (secondary N) is 2. The maximum absolute atomic E-state index is 13.1. The molecule has 2 amide bonds. The molecular weight excluding hydrogens is 310 g/mol. The van der Waals surface area contributed by atoms with Crippen LogP contribution in [0.25, 0.3) is 0 Å². The Labute approximate surface area is 131 Å². The molecule has 1 fully saturated rings. The van der Waals surface area contributed by atoms with E-state index in [2.05, 4.69) is 10.6 Å². The zero-order valence-corrected chi connectivity index (χ0v) is 12.4. The van der Waals surface area contributed by atoms with Crippen molar-refractivity contribution in [2.45, 2.75) is 31.8 Å². The smallest absolute Gasteiger partial charge is 0.328 e. The highest BCUT2D eigenvalue weighted by Gasteiger charge is 2.29. The fraction of sp³-hybridized carbons (Fsp3) is 0.400. The summed E-state index contributed by atoms with van der Waals surface area (Å²) in [5, 5.41) is 4.88. The van der Waals surface area contributed by atoms with Crippen LogP contribution in [0.5, 0.6) is 0 Å². The molecule has 0 spiro atoms. The molecule has 2 atom stereocenters. The third-order valence-corrected chi connectivity index (χ3v) is 3.31. The molecule has 6 nitrogen and oxygen atoms in total. The number of amides is 2. The first-order valence-corrected chi connectivity index (χ1v) is 7.06. The molecule has 0 bridgehead atoms. The quantitative estimate of drug-likeness (QED) is 0.769. The Hall–Kier alpha value is -2.51. The molecular formula is C15H16F2N2O4. The van der Waals surface area contributed by atoms with Gasteiger partial charge in [-0.15, -0.1) is 0 Å². The third kappa shape index (κ3) is 4.73. The summed E-state index contributed by atoms with van der Waals surface area (Å²) in [6.45, 7) is 1.69. The molecule has 1 saturated heterocycles. The van der Waals surface area contributed by atoms with Gasteiger partial charge in [0.05, 0.1) is 13.0 Å². The van der Waals surface area contributed by atoms with E-state index in [1.807, 2.05) is 0 Å². The van der Waals surface area contributed by atoms with Crippen molar-refractivity contribution in [1.82, 2.24) is 10.6 Å². The topological polar surface area (TPSA) is 84.5 Å². The van der Waals surface area contributed by atoms with Gasteiger partial charge in [-0.25, -0.2) is 13.6 Å². The fourth-order valence-corrected chi connectivity index (χ4v) is 2.18. The first kappa shape index (κ1) is 16.9. The first-order valence-electron chi connectivity index (χ1n) is 7.06. The van der Waals surface area contributed by atoms with Crippen molar-refractivity contribution >= 4 is 17.8 Å². The van der Waals surface area contributed by atoms with Gasteiger partial charge in [0.2, 0.25) is 11.8 Å². The monoisotopic (exact) mass is 326 g/mol. The molecule has 124 valence electrons. The van der Waals surface area contributed by atoms with Crippen LogP contribution >= 0.6 is 0 Å². The average molecular weight is 326 g/mol. The summed E-state index contributed by atoms with van der Waals surface area (Å²) in [6.07, 6.45) is 0.117. The summed E-state index contributed by atoms with van der Waals surface area (Å²) in [7, 11) is 0. The van der Waals surface area contributed by atoms with Crippen LogP contribution in [0.3, 0.4) is 0 Å². The molecule has 1 heterocycles. The molecule has 0 radical (unpaired) electrons. The molecule has 0 aromatic heterocycles. The number of ether oxygens (including phenoxy) is 1. The lowest BCUT2D eigenvalue weighted by Gasteiger charge is -2.16. The largest absolute Gasteiger partial charge is 0.464 e. The number of carbonyl (C=O) groups excluding carboxylic acids is 3. The van der Waals surface area contributed by atoms with Crippen molar-refractivity contribution in [2.24, 2.45) is 0 Å². The van der Waals surface area contributed by atoms with E-state index in [9.17, 15) is 23.2 Å². The van der Waals surface area contributed by atoms with Gasteiger partial charge < -0.3 is 15.4 Å². The first-order chi connectivity index (χ1) is 10.8. The highest BCUT2D eigenvalue weighted by molar-refractivity contribution is 5.91. The Morgan fingerprint density at radius 3 is 2.52 bits per heavy atom. The molecule has 2 unspecified atom stereocenters.